The maximum absolute atomic E-state index is 12.5. The van der Waals surface area contributed by atoms with Gasteiger partial charge in [-0.25, -0.2) is 0 Å². The molecule has 0 saturated carbocycles. The van der Waals surface area contributed by atoms with Crippen molar-refractivity contribution in [1.82, 2.24) is 15.6 Å². The Morgan fingerprint density at radius 3 is 2.52 bits per heavy atom. The first-order valence-electron chi connectivity index (χ1n) is 10.9. The van der Waals surface area contributed by atoms with Crippen molar-refractivity contribution in [3.05, 3.63) is 90.0 Å². The lowest BCUT2D eigenvalue weighted by Gasteiger charge is -2.20. The molecule has 1 atom stereocenters. The summed E-state index contributed by atoms with van der Waals surface area (Å²) in [6, 6.07) is 19.8. The van der Waals surface area contributed by atoms with E-state index < -0.39 is 0 Å². The van der Waals surface area contributed by atoms with E-state index in [1.165, 1.54) is 6.26 Å². The molecule has 0 spiro atoms. The lowest BCUT2D eigenvalue weighted by atomic mass is 9.90. The number of carbonyl (C=O) groups excluding carboxylic acids is 2. The maximum atomic E-state index is 12.5. The molecule has 0 radical (unpaired) electrons. The first kappa shape index (κ1) is 22.2. The Hall–Kier alpha value is -4.00. The van der Waals surface area contributed by atoms with Gasteiger partial charge in [0.2, 0.25) is 5.91 Å². The average Bonchev–Trinajstić information content (AvgIpc) is 3.50. The van der Waals surface area contributed by atoms with Crippen LogP contribution in [0.15, 0.2) is 77.5 Å². The number of nitrogens with one attached hydrogen (secondary N) is 3. The normalized spacial score (nSPS) is 11.8. The van der Waals surface area contributed by atoms with Crippen molar-refractivity contribution in [3.8, 4) is 0 Å². The van der Waals surface area contributed by atoms with Gasteiger partial charge in [0.05, 0.1) is 6.26 Å². The maximum Gasteiger partial charge on any atom is 0.286 e. The summed E-state index contributed by atoms with van der Waals surface area (Å²) in [5.41, 5.74) is 4.44. The number of carbonyl (C=O) groups is 2. The Bertz CT molecular complexity index is 1210. The van der Waals surface area contributed by atoms with Crippen molar-refractivity contribution < 1.29 is 14.0 Å². The Morgan fingerprint density at radius 1 is 1.00 bits per heavy atom. The quantitative estimate of drug-likeness (QED) is 0.365. The Balaban J connectivity index is 1.44. The van der Waals surface area contributed by atoms with Crippen LogP contribution in [0.25, 0.3) is 10.9 Å². The highest BCUT2D eigenvalue weighted by Crippen LogP contribution is 2.31. The number of rotatable bonds is 9. The standard InChI is InChI=1S/C26H28N4O3/c1-30(2)19-11-9-18(10-12-19)21(22-17-28-23-7-4-3-6-20(22)23)16-29-25(31)13-14-27-26(32)24-8-5-15-33-24/h3-12,15,17,21,28H,13-14,16H2,1-2H3,(H,27,32)(H,29,31). The third-order valence-corrected chi connectivity index (χ3v) is 5.69. The van der Waals surface area contributed by atoms with E-state index in [1.807, 2.05) is 38.5 Å². The van der Waals surface area contributed by atoms with E-state index in [0.29, 0.717) is 6.54 Å². The van der Waals surface area contributed by atoms with E-state index in [-0.39, 0.29) is 36.5 Å². The first-order valence-corrected chi connectivity index (χ1v) is 10.9. The second-order valence-corrected chi connectivity index (χ2v) is 8.12. The van der Waals surface area contributed by atoms with E-state index in [0.717, 1.165) is 27.7 Å². The van der Waals surface area contributed by atoms with E-state index in [2.05, 4.69) is 50.8 Å². The van der Waals surface area contributed by atoms with E-state index in [4.69, 9.17) is 4.42 Å². The highest BCUT2D eigenvalue weighted by atomic mass is 16.3. The summed E-state index contributed by atoms with van der Waals surface area (Å²) in [4.78, 5) is 29.9. The largest absolute Gasteiger partial charge is 0.459 e. The monoisotopic (exact) mass is 444 g/mol. The number of fused-ring (bicyclic) bond motifs is 1. The number of para-hydroxylation sites is 1. The van der Waals surface area contributed by atoms with Crippen LogP contribution in [0.1, 0.15) is 34.0 Å². The molecule has 7 heteroatoms. The van der Waals surface area contributed by atoms with E-state index in [1.54, 1.807) is 12.1 Å². The van der Waals surface area contributed by atoms with Gasteiger partial charge in [0.1, 0.15) is 0 Å². The van der Waals surface area contributed by atoms with Crippen molar-refractivity contribution in [2.75, 3.05) is 32.1 Å². The summed E-state index contributed by atoms with van der Waals surface area (Å²) in [7, 11) is 4.02. The van der Waals surface area contributed by atoms with Crippen LogP contribution in [-0.4, -0.2) is 44.0 Å². The molecule has 0 bridgehead atoms. The topological polar surface area (TPSA) is 90.4 Å². The number of anilines is 1. The molecule has 1 unspecified atom stereocenters. The van der Waals surface area contributed by atoms with Crippen LogP contribution in [0, 0.1) is 0 Å². The summed E-state index contributed by atoms with van der Waals surface area (Å²) in [6.07, 6.45) is 3.65. The molecule has 4 aromatic rings. The number of H-pyrrole nitrogens is 1. The van der Waals surface area contributed by atoms with Gasteiger partial charge in [-0.15, -0.1) is 0 Å². The molecule has 7 nitrogen and oxygen atoms in total. The lowest BCUT2D eigenvalue weighted by Crippen LogP contribution is -2.33. The van der Waals surface area contributed by atoms with Crippen molar-refractivity contribution in [1.29, 1.82) is 0 Å². The van der Waals surface area contributed by atoms with Crippen LogP contribution in [0.2, 0.25) is 0 Å². The van der Waals surface area contributed by atoms with Crippen LogP contribution in [0.5, 0.6) is 0 Å². The van der Waals surface area contributed by atoms with Gasteiger partial charge in [-0.1, -0.05) is 30.3 Å². The van der Waals surface area contributed by atoms with Crippen LogP contribution in [-0.2, 0) is 4.79 Å². The minimum atomic E-state index is -0.328. The lowest BCUT2D eigenvalue weighted by molar-refractivity contribution is -0.120. The molecular formula is C26H28N4O3. The summed E-state index contributed by atoms with van der Waals surface area (Å²) in [5, 5.41) is 6.88. The third kappa shape index (κ3) is 5.26. The Kier molecular flexibility index (Phi) is 6.78. The van der Waals surface area contributed by atoms with Gasteiger partial charge < -0.3 is 24.9 Å². The van der Waals surface area contributed by atoms with Crippen LogP contribution < -0.4 is 15.5 Å². The molecule has 2 heterocycles. The minimum Gasteiger partial charge on any atom is -0.459 e. The first-order chi connectivity index (χ1) is 16.0. The van der Waals surface area contributed by atoms with E-state index >= 15 is 0 Å². The number of hydrogen-bond donors (Lipinski definition) is 3. The van der Waals surface area contributed by atoms with Crippen LogP contribution in [0.4, 0.5) is 5.69 Å². The summed E-state index contributed by atoms with van der Waals surface area (Å²) in [5.74, 6) is -0.232. The second kappa shape index (κ2) is 10.1. The molecule has 0 aliphatic carbocycles. The summed E-state index contributed by atoms with van der Waals surface area (Å²) < 4.78 is 5.06. The summed E-state index contributed by atoms with van der Waals surface area (Å²) >= 11 is 0. The van der Waals surface area contributed by atoms with Gasteiger partial charge in [-0.3, -0.25) is 9.59 Å². The van der Waals surface area contributed by atoms with Gasteiger partial charge in [-0.2, -0.15) is 0 Å². The molecule has 170 valence electrons. The predicted octanol–water partition coefficient (Wildman–Crippen LogP) is 3.90. The van der Waals surface area contributed by atoms with Crippen LogP contribution >= 0.6 is 0 Å². The fourth-order valence-corrected chi connectivity index (χ4v) is 3.88. The molecule has 0 aliphatic heterocycles. The number of furan rings is 1. The van der Waals surface area contributed by atoms with Crippen molar-refractivity contribution in [2.24, 2.45) is 0 Å². The molecule has 33 heavy (non-hydrogen) atoms. The molecule has 0 saturated heterocycles. The molecule has 3 N–H and O–H groups in total. The second-order valence-electron chi connectivity index (χ2n) is 8.12. The number of aromatic nitrogens is 1. The zero-order valence-corrected chi connectivity index (χ0v) is 18.8. The number of benzene rings is 2. The van der Waals surface area contributed by atoms with Crippen molar-refractivity contribution >= 4 is 28.4 Å². The van der Waals surface area contributed by atoms with Crippen molar-refractivity contribution in [3.63, 3.8) is 0 Å². The van der Waals surface area contributed by atoms with E-state index in [9.17, 15) is 9.59 Å². The molecular weight excluding hydrogens is 416 g/mol. The zero-order valence-electron chi connectivity index (χ0n) is 18.8. The molecule has 2 amide bonds. The highest BCUT2D eigenvalue weighted by Gasteiger charge is 2.19. The van der Waals surface area contributed by atoms with Gasteiger partial charge in [0.25, 0.3) is 5.91 Å². The SMILES string of the molecule is CN(C)c1ccc(C(CNC(=O)CCNC(=O)c2ccco2)c2c[nH]c3ccccc23)cc1. The average molecular weight is 445 g/mol. The highest BCUT2D eigenvalue weighted by molar-refractivity contribution is 5.91. The molecule has 2 aromatic carbocycles. The fourth-order valence-electron chi connectivity index (χ4n) is 3.88. The smallest absolute Gasteiger partial charge is 0.286 e. The van der Waals surface area contributed by atoms with Gasteiger partial charge in [-0.05, 0) is 41.5 Å². The van der Waals surface area contributed by atoms with Crippen LogP contribution in [0.3, 0.4) is 0 Å². The Labute approximate surface area is 192 Å². The Morgan fingerprint density at radius 2 is 1.79 bits per heavy atom. The molecule has 2 aromatic heterocycles. The fraction of sp³-hybridized carbons (Fsp3) is 0.231. The predicted molar refractivity (Wildman–Crippen MR) is 130 cm³/mol. The molecule has 0 aliphatic rings. The third-order valence-electron chi connectivity index (χ3n) is 5.69. The minimum absolute atomic E-state index is 0.0148. The van der Waals surface area contributed by atoms with Crippen molar-refractivity contribution in [2.45, 2.75) is 12.3 Å². The van der Waals surface area contributed by atoms with Gasteiger partial charge >= 0.3 is 0 Å². The number of amides is 2. The number of aromatic amines is 1. The molecule has 0 fully saturated rings. The summed E-state index contributed by atoms with van der Waals surface area (Å²) in [6.45, 7) is 0.689. The number of hydrogen-bond acceptors (Lipinski definition) is 4. The zero-order chi connectivity index (χ0) is 23.2. The van der Waals surface area contributed by atoms with Gasteiger partial charge in [0, 0.05) is 62.3 Å². The van der Waals surface area contributed by atoms with Gasteiger partial charge in [0.15, 0.2) is 5.76 Å². The number of nitrogens with zero attached hydrogens (tertiary/aromatic N) is 1. The molecule has 4 rings (SSSR count).